The fourth-order valence-electron chi connectivity index (χ4n) is 5.11. The van der Waals surface area contributed by atoms with Gasteiger partial charge in [0.25, 0.3) is 0 Å². The molecule has 0 spiro atoms. The maximum Gasteiger partial charge on any atom is 0.336 e. The molecule has 0 saturated carbocycles. The minimum atomic E-state index is -0.554. The lowest BCUT2D eigenvalue weighted by molar-refractivity contribution is -0.165. The van der Waals surface area contributed by atoms with Crippen LogP contribution in [0.5, 0.6) is 11.5 Å². The van der Waals surface area contributed by atoms with Crippen molar-refractivity contribution in [3.8, 4) is 41.2 Å². The van der Waals surface area contributed by atoms with Crippen molar-refractivity contribution in [2.24, 2.45) is 17.3 Å². The molecule has 0 bridgehead atoms. The lowest BCUT2D eigenvalue weighted by Crippen LogP contribution is -2.37. The highest BCUT2D eigenvalue weighted by atomic mass is 16.7. The van der Waals surface area contributed by atoms with Crippen molar-refractivity contribution in [2.75, 3.05) is 6.79 Å². The van der Waals surface area contributed by atoms with E-state index in [1.165, 1.54) is 6.08 Å². The van der Waals surface area contributed by atoms with Crippen LogP contribution >= 0.6 is 0 Å². The Balaban J connectivity index is 1.28. The summed E-state index contributed by atoms with van der Waals surface area (Å²) in [5.41, 5.74) is 5.17. The lowest BCUT2D eigenvalue weighted by Gasteiger charge is -2.32. The molecule has 0 aromatic heterocycles. The Morgan fingerprint density at radius 1 is 0.760 bits per heavy atom. The molecular weight excluding hydrogens is 622 g/mol. The topological polar surface area (TPSA) is 85.6 Å². The third kappa shape index (κ3) is 10.7. The molecule has 252 valence electrons. The molecule has 50 heavy (non-hydrogen) atoms. The van der Waals surface area contributed by atoms with Crippen LogP contribution in [0.1, 0.15) is 80.0 Å². The second kappa shape index (κ2) is 17.4. The van der Waals surface area contributed by atoms with Gasteiger partial charge in [0.05, 0.1) is 17.0 Å². The number of rotatable bonds is 10. The Kier molecular flexibility index (Phi) is 12.8. The molecule has 4 rings (SSSR count). The molecule has 0 fully saturated rings. The standard InChI is InChI=1S/C44H41NO5/c1-31(2)28-44(6,32(3)4)43(47)49-30-48-40-22-15-35(16-23-40)7-10-37-14-21-39(33(5)27-37)20-13-36-17-24-41(25-18-36)50-42(46)26-19-34-8-11-38(29-45)12-9-34/h8-9,11-12,14-19,21-27,31-32H,28,30H2,1-6H3. The van der Waals surface area contributed by atoms with Crippen molar-refractivity contribution in [1.29, 1.82) is 5.26 Å². The van der Waals surface area contributed by atoms with Crippen LogP contribution in [0, 0.1) is 59.2 Å². The first-order chi connectivity index (χ1) is 23.9. The van der Waals surface area contributed by atoms with Gasteiger partial charge in [0, 0.05) is 28.3 Å². The van der Waals surface area contributed by atoms with E-state index in [2.05, 4.69) is 43.6 Å². The quantitative estimate of drug-likeness (QED) is 0.0554. The van der Waals surface area contributed by atoms with Crippen molar-refractivity contribution in [3.63, 3.8) is 0 Å². The molecule has 0 N–H and O–H groups in total. The Bertz CT molecular complexity index is 1990. The lowest BCUT2D eigenvalue weighted by atomic mass is 9.73. The van der Waals surface area contributed by atoms with Gasteiger partial charge in [0.15, 0.2) is 0 Å². The molecule has 0 amide bonds. The maximum absolute atomic E-state index is 12.8. The fraction of sp³-hybridized carbons (Fsp3) is 0.250. The first kappa shape index (κ1) is 36.8. The van der Waals surface area contributed by atoms with Gasteiger partial charge in [-0.15, -0.1) is 0 Å². The zero-order valence-electron chi connectivity index (χ0n) is 29.4. The van der Waals surface area contributed by atoms with E-state index in [1.807, 2.05) is 70.2 Å². The molecule has 0 aliphatic heterocycles. The molecule has 0 aliphatic rings. The van der Waals surface area contributed by atoms with E-state index in [-0.39, 0.29) is 18.7 Å². The number of nitriles is 1. The maximum atomic E-state index is 12.8. The monoisotopic (exact) mass is 663 g/mol. The van der Waals surface area contributed by atoms with Crippen LogP contribution in [0.25, 0.3) is 6.08 Å². The summed E-state index contributed by atoms with van der Waals surface area (Å²) in [6.07, 6.45) is 3.74. The van der Waals surface area contributed by atoms with Crippen LogP contribution in [0.15, 0.2) is 97.1 Å². The molecule has 0 heterocycles. The number of hydrogen-bond donors (Lipinski definition) is 0. The molecule has 4 aromatic carbocycles. The minimum Gasteiger partial charge on any atom is -0.457 e. The molecule has 6 heteroatoms. The summed E-state index contributed by atoms with van der Waals surface area (Å²) in [5.74, 6) is 13.6. The highest BCUT2D eigenvalue weighted by molar-refractivity contribution is 5.88. The number of carbonyl (C=O) groups is 2. The number of hydrogen-bond acceptors (Lipinski definition) is 6. The van der Waals surface area contributed by atoms with Crippen molar-refractivity contribution in [2.45, 2.75) is 48.0 Å². The second-order valence-corrected chi connectivity index (χ2v) is 12.9. The molecule has 0 saturated heterocycles. The van der Waals surface area contributed by atoms with Crippen molar-refractivity contribution in [3.05, 3.63) is 136 Å². The summed E-state index contributed by atoms with van der Waals surface area (Å²) >= 11 is 0. The van der Waals surface area contributed by atoms with Gasteiger partial charge in [-0.2, -0.15) is 5.26 Å². The molecule has 0 aliphatic carbocycles. The van der Waals surface area contributed by atoms with Gasteiger partial charge in [-0.3, -0.25) is 4.79 Å². The number of esters is 2. The first-order valence-corrected chi connectivity index (χ1v) is 16.5. The Labute approximate surface area is 295 Å². The van der Waals surface area contributed by atoms with Crippen molar-refractivity contribution < 1.29 is 23.8 Å². The van der Waals surface area contributed by atoms with Crippen LogP contribution in [0.4, 0.5) is 0 Å². The number of benzene rings is 4. The Hall–Kier alpha value is -6.03. The van der Waals surface area contributed by atoms with Crippen molar-refractivity contribution >= 4 is 18.0 Å². The molecule has 0 radical (unpaired) electrons. The highest BCUT2D eigenvalue weighted by Gasteiger charge is 2.38. The van der Waals surface area contributed by atoms with E-state index in [0.29, 0.717) is 23.0 Å². The van der Waals surface area contributed by atoms with Gasteiger partial charge in [0.2, 0.25) is 6.79 Å². The molecule has 1 atom stereocenters. The van der Waals surface area contributed by atoms with E-state index in [0.717, 1.165) is 39.8 Å². The normalized spacial score (nSPS) is 11.8. The average molecular weight is 664 g/mol. The number of carbonyl (C=O) groups excluding carboxylic acids is 2. The Morgan fingerprint density at radius 3 is 1.90 bits per heavy atom. The van der Waals surface area contributed by atoms with E-state index in [1.54, 1.807) is 54.6 Å². The van der Waals surface area contributed by atoms with Gasteiger partial charge in [-0.25, -0.2) is 4.79 Å². The fourth-order valence-corrected chi connectivity index (χ4v) is 5.11. The third-order valence-electron chi connectivity index (χ3n) is 8.29. The molecule has 4 aromatic rings. The molecule has 1 unspecified atom stereocenters. The van der Waals surface area contributed by atoms with Crippen LogP contribution in [0.3, 0.4) is 0 Å². The Morgan fingerprint density at radius 2 is 1.32 bits per heavy atom. The van der Waals surface area contributed by atoms with E-state index >= 15 is 0 Å². The predicted octanol–water partition coefficient (Wildman–Crippen LogP) is 8.87. The summed E-state index contributed by atoms with van der Waals surface area (Å²) in [5, 5.41) is 8.89. The molecular formula is C44H41NO5. The zero-order chi connectivity index (χ0) is 36.1. The van der Waals surface area contributed by atoms with Crippen LogP contribution in [0.2, 0.25) is 0 Å². The van der Waals surface area contributed by atoms with E-state index in [4.69, 9.17) is 19.5 Å². The summed E-state index contributed by atoms with van der Waals surface area (Å²) in [6, 6.07) is 29.2. The van der Waals surface area contributed by atoms with Gasteiger partial charge in [0.1, 0.15) is 11.5 Å². The first-order valence-electron chi connectivity index (χ1n) is 16.5. The SMILES string of the molecule is Cc1cc(C#Cc2ccc(OCOC(=O)C(C)(CC(C)C)C(C)C)cc2)ccc1C#Cc1ccc(OC(=O)C=Cc2ccc(C#N)cc2)cc1. The second-order valence-electron chi connectivity index (χ2n) is 12.9. The highest BCUT2D eigenvalue weighted by Crippen LogP contribution is 2.35. The predicted molar refractivity (Wildman–Crippen MR) is 196 cm³/mol. The summed E-state index contributed by atoms with van der Waals surface area (Å²) in [7, 11) is 0. The number of nitrogens with zero attached hydrogens (tertiary/aromatic N) is 1. The van der Waals surface area contributed by atoms with Crippen LogP contribution in [-0.4, -0.2) is 18.7 Å². The van der Waals surface area contributed by atoms with E-state index in [9.17, 15) is 9.59 Å². The van der Waals surface area contributed by atoms with Gasteiger partial charge >= 0.3 is 11.9 Å². The largest absolute Gasteiger partial charge is 0.457 e. The van der Waals surface area contributed by atoms with Gasteiger partial charge in [-0.05, 0) is 128 Å². The minimum absolute atomic E-state index is 0.139. The van der Waals surface area contributed by atoms with Crippen LogP contribution < -0.4 is 9.47 Å². The van der Waals surface area contributed by atoms with E-state index < -0.39 is 11.4 Å². The smallest absolute Gasteiger partial charge is 0.336 e. The van der Waals surface area contributed by atoms with Gasteiger partial charge < -0.3 is 14.2 Å². The molecule has 6 nitrogen and oxygen atoms in total. The summed E-state index contributed by atoms with van der Waals surface area (Å²) in [4.78, 5) is 25.0. The summed E-state index contributed by atoms with van der Waals surface area (Å²) in [6.45, 7) is 12.1. The average Bonchev–Trinajstić information content (AvgIpc) is 3.10. The number of ether oxygens (including phenoxy) is 3. The van der Waals surface area contributed by atoms with Crippen molar-refractivity contribution in [1.82, 2.24) is 0 Å². The third-order valence-corrected chi connectivity index (χ3v) is 8.29. The van der Waals surface area contributed by atoms with Crippen LogP contribution in [-0.2, 0) is 14.3 Å². The van der Waals surface area contributed by atoms with Gasteiger partial charge in [-0.1, -0.05) is 63.5 Å². The zero-order valence-corrected chi connectivity index (χ0v) is 29.4. The summed E-state index contributed by atoms with van der Waals surface area (Å²) < 4.78 is 16.5. The number of aryl methyl sites for hydroxylation is 1.